The minimum atomic E-state index is -1.51. The minimum absolute atomic E-state index is 0.167. The molecule has 2 N–H and O–H groups in total. The molecule has 0 aliphatic heterocycles. The molecular formula is C15H12F5NO. The highest BCUT2D eigenvalue weighted by molar-refractivity contribution is 5.23. The van der Waals surface area contributed by atoms with Gasteiger partial charge in [-0.05, 0) is 18.2 Å². The molecule has 1 atom stereocenters. The lowest BCUT2D eigenvalue weighted by Gasteiger charge is -2.14. The molecule has 1 unspecified atom stereocenters. The van der Waals surface area contributed by atoms with Crippen molar-refractivity contribution >= 4 is 0 Å². The Labute approximate surface area is 123 Å². The van der Waals surface area contributed by atoms with Gasteiger partial charge in [0.1, 0.15) is 17.5 Å². The normalized spacial score (nSPS) is 12.5. The van der Waals surface area contributed by atoms with Gasteiger partial charge in [-0.25, -0.2) is 22.0 Å². The van der Waals surface area contributed by atoms with Crippen LogP contribution in [0.15, 0.2) is 30.3 Å². The highest BCUT2D eigenvalue weighted by Gasteiger charge is 2.17. The van der Waals surface area contributed by atoms with E-state index in [4.69, 9.17) is 0 Å². The number of nitrogens with one attached hydrogen (secondary N) is 1. The Hall–Kier alpha value is -1.99. The molecule has 0 saturated heterocycles. The van der Waals surface area contributed by atoms with Crippen molar-refractivity contribution in [2.24, 2.45) is 0 Å². The maximum absolute atomic E-state index is 13.4. The Morgan fingerprint density at radius 2 is 1.45 bits per heavy atom. The van der Waals surface area contributed by atoms with Crippen molar-refractivity contribution in [1.82, 2.24) is 5.32 Å². The second kappa shape index (κ2) is 6.85. The van der Waals surface area contributed by atoms with Gasteiger partial charge in [0.05, 0.1) is 11.7 Å². The molecule has 0 fully saturated rings. The van der Waals surface area contributed by atoms with Gasteiger partial charge in [0.15, 0.2) is 11.6 Å². The van der Waals surface area contributed by atoms with E-state index in [-0.39, 0.29) is 18.7 Å². The number of benzene rings is 2. The molecular weight excluding hydrogens is 305 g/mol. The van der Waals surface area contributed by atoms with Gasteiger partial charge >= 0.3 is 0 Å². The zero-order chi connectivity index (χ0) is 16.3. The molecule has 0 radical (unpaired) electrons. The Bertz CT molecular complexity index is 657. The molecule has 0 amide bonds. The summed E-state index contributed by atoms with van der Waals surface area (Å²) in [6.45, 7) is -0.535. The molecule has 0 spiro atoms. The molecule has 7 heteroatoms. The van der Waals surface area contributed by atoms with Crippen LogP contribution >= 0.6 is 0 Å². The van der Waals surface area contributed by atoms with E-state index >= 15 is 0 Å². The van der Waals surface area contributed by atoms with Crippen molar-refractivity contribution in [3.63, 3.8) is 0 Å². The molecule has 0 aliphatic carbocycles. The molecule has 0 bridgehead atoms. The van der Waals surface area contributed by atoms with Gasteiger partial charge in [-0.15, -0.1) is 0 Å². The van der Waals surface area contributed by atoms with Crippen LogP contribution in [0.1, 0.15) is 17.2 Å². The molecule has 0 aliphatic rings. The maximum Gasteiger partial charge on any atom is 0.161 e. The molecule has 0 aromatic heterocycles. The van der Waals surface area contributed by atoms with Crippen LogP contribution < -0.4 is 5.32 Å². The molecule has 2 aromatic carbocycles. The first kappa shape index (κ1) is 16.4. The number of aliphatic hydroxyl groups excluding tert-OH is 1. The number of aliphatic hydroxyl groups is 1. The van der Waals surface area contributed by atoms with E-state index in [0.717, 1.165) is 18.2 Å². The summed E-state index contributed by atoms with van der Waals surface area (Å²) in [4.78, 5) is 0. The first-order valence-electron chi connectivity index (χ1n) is 6.36. The molecule has 0 heterocycles. The van der Waals surface area contributed by atoms with Crippen LogP contribution in [0.4, 0.5) is 22.0 Å². The maximum atomic E-state index is 13.4. The van der Waals surface area contributed by atoms with Gasteiger partial charge in [0.2, 0.25) is 0 Å². The van der Waals surface area contributed by atoms with Gasteiger partial charge in [-0.2, -0.15) is 0 Å². The van der Waals surface area contributed by atoms with E-state index in [1.54, 1.807) is 0 Å². The summed E-state index contributed by atoms with van der Waals surface area (Å²) in [5.74, 6) is -5.30. The Kier molecular flexibility index (Phi) is 5.10. The van der Waals surface area contributed by atoms with E-state index < -0.39 is 40.8 Å². The standard InChI is InChI=1S/C15H12F5NO/c16-9-2-1-3-10(17)15(9)14(22)7-21-6-8-4-12(19)13(20)5-11(8)18/h1-5,14,21-22H,6-7H2. The fraction of sp³-hybridized carbons (Fsp3) is 0.200. The monoisotopic (exact) mass is 317 g/mol. The first-order chi connectivity index (χ1) is 10.4. The fourth-order valence-electron chi connectivity index (χ4n) is 1.97. The molecule has 2 aromatic rings. The zero-order valence-electron chi connectivity index (χ0n) is 11.2. The average Bonchev–Trinajstić information content (AvgIpc) is 2.44. The zero-order valence-corrected chi connectivity index (χ0v) is 11.2. The third-order valence-corrected chi connectivity index (χ3v) is 3.08. The molecule has 118 valence electrons. The highest BCUT2D eigenvalue weighted by Crippen LogP contribution is 2.20. The third kappa shape index (κ3) is 3.61. The van der Waals surface area contributed by atoms with E-state index in [2.05, 4.69) is 5.32 Å². The van der Waals surface area contributed by atoms with Crippen LogP contribution in [-0.2, 0) is 6.54 Å². The lowest BCUT2D eigenvalue weighted by atomic mass is 10.1. The highest BCUT2D eigenvalue weighted by atomic mass is 19.2. The van der Waals surface area contributed by atoms with Crippen LogP contribution in [0.2, 0.25) is 0 Å². The van der Waals surface area contributed by atoms with E-state index in [9.17, 15) is 27.1 Å². The molecule has 22 heavy (non-hydrogen) atoms. The Morgan fingerprint density at radius 1 is 0.864 bits per heavy atom. The smallest absolute Gasteiger partial charge is 0.161 e. The molecule has 2 rings (SSSR count). The van der Waals surface area contributed by atoms with Crippen molar-refractivity contribution in [3.05, 3.63) is 70.5 Å². The third-order valence-electron chi connectivity index (χ3n) is 3.08. The number of halogens is 5. The van der Waals surface area contributed by atoms with Crippen molar-refractivity contribution in [3.8, 4) is 0 Å². The van der Waals surface area contributed by atoms with Crippen LogP contribution in [0.25, 0.3) is 0 Å². The minimum Gasteiger partial charge on any atom is -0.387 e. The molecule has 2 nitrogen and oxygen atoms in total. The average molecular weight is 317 g/mol. The van der Waals surface area contributed by atoms with E-state index in [0.29, 0.717) is 12.1 Å². The predicted octanol–water partition coefficient (Wildman–Crippen LogP) is 3.21. The lowest BCUT2D eigenvalue weighted by Crippen LogP contribution is -2.23. The van der Waals surface area contributed by atoms with Gasteiger partial charge in [0, 0.05) is 24.7 Å². The Balaban J connectivity index is 2.01. The van der Waals surface area contributed by atoms with E-state index in [1.165, 1.54) is 0 Å². The SMILES string of the molecule is OC(CNCc1cc(F)c(F)cc1F)c1c(F)cccc1F. The number of hydrogen-bond donors (Lipinski definition) is 2. The quantitative estimate of drug-likeness (QED) is 0.656. The number of hydrogen-bond acceptors (Lipinski definition) is 2. The van der Waals surface area contributed by atoms with Gasteiger partial charge < -0.3 is 10.4 Å². The second-order valence-electron chi connectivity index (χ2n) is 4.64. The Morgan fingerprint density at radius 3 is 2.09 bits per heavy atom. The van der Waals surface area contributed by atoms with Crippen molar-refractivity contribution in [2.45, 2.75) is 12.6 Å². The second-order valence-corrected chi connectivity index (χ2v) is 4.64. The molecule has 0 saturated carbocycles. The van der Waals surface area contributed by atoms with Crippen molar-refractivity contribution < 1.29 is 27.1 Å². The summed E-state index contributed by atoms with van der Waals surface area (Å²) in [6.07, 6.45) is -1.51. The van der Waals surface area contributed by atoms with Gasteiger partial charge in [-0.3, -0.25) is 0 Å². The topological polar surface area (TPSA) is 32.3 Å². The fourth-order valence-corrected chi connectivity index (χ4v) is 1.97. The summed E-state index contributed by atoms with van der Waals surface area (Å²) < 4.78 is 66.0. The van der Waals surface area contributed by atoms with Crippen LogP contribution in [0, 0.1) is 29.1 Å². The number of rotatable bonds is 5. The van der Waals surface area contributed by atoms with Crippen molar-refractivity contribution in [2.75, 3.05) is 6.54 Å². The largest absolute Gasteiger partial charge is 0.387 e. The van der Waals surface area contributed by atoms with E-state index in [1.807, 2.05) is 0 Å². The van der Waals surface area contributed by atoms with Crippen LogP contribution in [0.5, 0.6) is 0 Å². The predicted molar refractivity (Wildman–Crippen MR) is 69.3 cm³/mol. The van der Waals surface area contributed by atoms with Gasteiger partial charge in [-0.1, -0.05) is 6.07 Å². The lowest BCUT2D eigenvalue weighted by molar-refractivity contribution is 0.164. The summed E-state index contributed by atoms with van der Waals surface area (Å²) in [5.41, 5.74) is -0.680. The first-order valence-corrected chi connectivity index (χ1v) is 6.36. The van der Waals surface area contributed by atoms with Gasteiger partial charge in [0.25, 0.3) is 0 Å². The van der Waals surface area contributed by atoms with Crippen LogP contribution in [-0.4, -0.2) is 11.7 Å². The van der Waals surface area contributed by atoms with Crippen molar-refractivity contribution in [1.29, 1.82) is 0 Å². The summed E-state index contributed by atoms with van der Waals surface area (Å²) in [6, 6.07) is 4.23. The summed E-state index contributed by atoms with van der Waals surface area (Å²) in [7, 11) is 0. The summed E-state index contributed by atoms with van der Waals surface area (Å²) in [5, 5.41) is 12.3. The summed E-state index contributed by atoms with van der Waals surface area (Å²) >= 11 is 0. The van der Waals surface area contributed by atoms with Crippen LogP contribution in [0.3, 0.4) is 0 Å².